The molecule has 0 saturated carbocycles. The van der Waals surface area contributed by atoms with Crippen molar-refractivity contribution in [2.24, 2.45) is 0 Å². The van der Waals surface area contributed by atoms with E-state index in [1.54, 1.807) is 0 Å². The summed E-state index contributed by atoms with van der Waals surface area (Å²) >= 11 is 0. The quantitative estimate of drug-likeness (QED) is 0.704. The molecule has 0 spiro atoms. The number of carbonyl (C=O) groups is 1. The molecule has 0 radical (unpaired) electrons. The van der Waals surface area contributed by atoms with E-state index in [2.05, 4.69) is 13.0 Å². The summed E-state index contributed by atoms with van der Waals surface area (Å²) in [6.07, 6.45) is 0.880. The minimum atomic E-state index is -0.187. The van der Waals surface area contributed by atoms with Gasteiger partial charge in [0, 0.05) is 0 Å². The molecule has 2 rings (SSSR count). The lowest BCUT2D eigenvalue weighted by atomic mass is 9.79. The van der Waals surface area contributed by atoms with E-state index < -0.39 is 0 Å². The van der Waals surface area contributed by atoms with Gasteiger partial charge in [0.2, 0.25) is 0 Å². The fourth-order valence-electron chi connectivity index (χ4n) is 2.00. The molecule has 0 amide bonds. The Hall–Kier alpha value is -1.57. The van der Waals surface area contributed by atoms with E-state index in [1.807, 2.05) is 25.1 Å². The maximum atomic E-state index is 11.7. The lowest BCUT2D eigenvalue weighted by Gasteiger charge is -2.25. The average Bonchev–Trinajstić information content (AvgIpc) is 2.21. The Kier molecular flexibility index (Phi) is 2.58. The Labute approximate surface area is 89.6 Å². The van der Waals surface area contributed by atoms with E-state index in [-0.39, 0.29) is 5.97 Å². The first-order valence-corrected chi connectivity index (χ1v) is 5.29. The van der Waals surface area contributed by atoms with Gasteiger partial charge < -0.3 is 4.74 Å². The number of benzene rings is 1. The van der Waals surface area contributed by atoms with Crippen LogP contribution in [-0.4, -0.2) is 12.6 Å². The molecule has 1 aliphatic carbocycles. The summed E-state index contributed by atoms with van der Waals surface area (Å²) in [4.78, 5) is 11.7. The molecule has 0 atom stereocenters. The second-order valence-electron chi connectivity index (χ2n) is 3.47. The van der Waals surface area contributed by atoms with Crippen LogP contribution in [0.5, 0.6) is 0 Å². The van der Waals surface area contributed by atoms with Crippen molar-refractivity contribution in [1.82, 2.24) is 0 Å². The number of carbonyl (C=O) groups excluding carboxylic acids is 1. The molecule has 0 aliphatic heterocycles. The Balaban J connectivity index is 2.36. The molecule has 0 heterocycles. The van der Waals surface area contributed by atoms with Crippen molar-refractivity contribution in [1.29, 1.82) is 0 Å². The lowest BCUT2D eigenvalue weighted by Crippen LogP contribution is -2.16. The summed E-state index contributed by atoms with van der Waals surface area (Å²) in [6, 6.07) is 7.97. The van der Waals surface area contributed by atoms with Gasteiger partial charge in [0.05, 0.1) is 12.2 Å². The van der Waals surface area contributed by atoms with Gasteiger partial charge in [0.15, 0.2) is 0 Å². The zero-order valence-corrected chi connectivity index (χ0v) is 9.04. The summed E-state index contributed by atoms with van der Waals surface area (Å²) in [5.74, 6) is -0.187. The Morgan fingerprint density at radius 3 is 2.47 bits per heavy atom. The summed E-state index contributed by atoms with van der Waals surface area (Å²) in [5.41, 5.74) is 4.13. The van der Waals surface area contributed by atoms with Crippen molar-refractivity contribution in [3.63, 3.8) is 0 Å². The minimum Gasteiger partial charge on any atom is -0.462 e. The van der Waals surface area contributed by atoms with Crippen molar-refractivity contribution in [3.05, 3.63) is 35.4 Å². The van der Waals surface area contributed by atoms with Crippen LogP contribution in [0.1, 0.15) is 31.4 Å². The van der Waals surface area contributed by atoms with Crippen LogP contribution in [0.3, 0.4) is 0 Å². The molecule has 0 saturated heterocycles. The number of hydrogen-bond acceptors (Lipinski definition) is 2. The third-order valence-corrected chi connectivity index (χ3v) is 2.66. The van der Waals surface area contributed by atoms with Gasteiger partial charge in [-0.25, -0.2) is 4.79 Å². The number of rotatable bonds is 3. The maximum absolute atomic E-state index is 11.7. The second kappa shape index (κ2) is 3.89. The Morgan fingerprint density at radius 2 is 1.87 bits per heavy atom. The fraction of sp³-hybridized carbons (Fsp3) is 0.308. The smallest absolute Gasteiger partial charge is 0.339 e. The van der Waals surface area contributed by atoms with Gasteiger partial charge >= 0.3 is 5.97 Å². The summed E-state index contributed by atoms with van der Waals surface area (Å²) in [7, 11) is 0. The van der Waals surface area contributed by atoms with E-state index in [0.717, 1.165) is 23.1 Å². The highest BCUT2D eigenvalue weighted by Crippen LogP contribution is 2.42. The predicted octanol–water partition coefficient (Wildman–Crippen LogP) is 2.88. The summed E-state index contributed by atoms with van der Waals surface area (Å²) in [5, 5.41) is 0. The number of esters is 1. The van der Waals surface area contributed by atoms with Crippen LogP contribution >= 0.6 is 0 Å². The standard InChI is InChI=1S/C13H14O2/c1-3-9-10-7-5-6-8-11(10)12(9)13(14)15-4-2/h5-8H,3-4H2,1-2H3. The van der Waals surface area contributed by atoms with Crippen LogP contribution in [0, 0.1) is 0 Å². The molecule has 0 unspecified atom stereocenters. The molecule has 0 aromatic heterocycles. The molecular weight excluding hydrogens is 188 g/mol. The molecular formula is C13H14O2. The molecule has 15 heavy (non-hydrogen) atoms. The van der Waals surface area contributed by atoms with E-state index in [0.29, 0.717) is 6.61 Å². The van der Waals surface area contributed by atoms with Gasteiger partial charge in [-0.05, 0) is 30.0 Å². The van der Waals surface area contributed by atoms with E-state index in [4.69, 9.17) is 4.74 Å². The van der Waals surface area contributed by atoms with Gasteiger partial charge in [-0.1, -0.05) is 31.2 Å². The Bertz CT molecular complexity index is 430. The minimum absolute atomic E-state index is 0.187. The van der Waals surface area contributed by atoms with Gasteiger partial charge in [0.1, 0.15) is 0 Å². The molecule has 0 bridgehead atoms. The van der Waals surface area contributed by atoms with Crippen LogP contribution in [0.4, 0.5) is 0 Å². The van der Waals surface area contributed by atoms with Crippen LogP contribution < -0.4 is 0 Å². The third kappa shape index (κ3) is 1.46. The monoisotopic (exact) mass is 202 g/mol. The highest BCUT2D eigenvalue weighted by atomic mass is 16.5. The molecule has 0 N–H and O–H groups in total. The number of fused-ring (bicyclic) bond motifs is 1. The van der Waals surface area contributed by atoms with Crippen molar-refractivity contribution < 1.29 is 9.53 Å². The third-order valence-electron chi connectivity index (χ3n) is 2.66. The number of ether oxygens (including phenoxy) is 1. The summed E-state index contributed by atoms with van der Waals surface area (Å²) in [6.45, 7) is 4.32. The van der Waals surface area contributed by atoms with Crippen molar-refractivity contribution in [3.8, 4) is 0 Å². The normalized spacial score (nSPS) is 13.2. The van der Waals surface area contributed by atoms with E-state index in [9.17, 15) is 4.79 Å². The van der Waals surface area contributed by atoms with Crippen molar-refractivity contribution >= 4 is 17.1 Å². The first kappa shape index (κ1) is 9.97. The van der Waals surface area contributed by atoms with Gasteiger partial charge in [0.25, 0.3) is 0 Å². The zero-order chi connectivity index (χ0) is 10.8. The van der Waals surface area contributed by atoms with Crippen LogP contribution in [0.2, 0.25) is 0 Å². The zero-order valence-electron chi connectivity index (χ0n) is 9.04. The maximum Gasteiger partial charge on any atom is 0.339 e. The van der Waals surface area contributed by atoms with Crippen molar-refractivity contribution in [2.45, 2.75) is 20.3 Å². The molecule has 1 aromatic carbocycles. The molecule has 2 heteroatoms. The average molecular weight is 202 g/mol. The molecule has 1 aromatic rings. The lowest BCUT2D eigenvalue weighted by molar-refractivity contribution is -0.136. The van der Waals surface area contributed by atoms with Gasteiger partial charge in [-0.15, -0.1) is 0 Å². The number of allylic oxidation sites excluding steroid dienone is 1. The Morgan fingerprint density at radius 1 is 1.20 bits per heavy atom. The van der Waals surface area contributed by atoms with Crippen LogP contribution in [0.15, 0.2) is 24.3 Å². The van der Waals surface area contributed by atoms with E-state index in [1.165, 1.54) is 5.56 Å². The summed E-state index contributed by atoms with van der Waals surface area (Å²) < 4.78 is 5.04. The molecule has 1 aliphatic rings. The van der Waals surface area contributed by atoms with Gasteiger partial charge in [-0.3, -0.25) is 0 Å². The van der Waals surface area contributed by atoms with Crippen molar-refractivity contribution in [2.75, 3.05) is 6.61 Å². The van der Waals surface area contributed by atoms with Crippen LogP contribution in [-0.2, 0) is 9.53 Å². The SMILES string of the molecule is CCOC(=O)C1=C(CC)c2ccccc21. The first-order valence-electron chi connectivity index (χ1n) is 5.29. The highest BCUT2D eigenvalue weighted by molar-refractivity contribution is 6.30. The second-order valence-corrected chi connectivity index (χ2v) is 3.47. The molecule has 2 nitrogen and oxygen atoms in total. The van der Waals surface area contributed by atoms with Crippen LogP contribution in [0.25, 0.3) is 11.1 Å². The first-order chi connectivity index (χ1) is 7.29. The van der Waals surface area contributed by atoms with Gasteiger partial charge in [-0.2, -0.15) is 0 Å². The fourth-order valence-corrected chi connectivity index (χ4v) is 2.00. The molecule has 0 fully saturated rings. The van der Waals surface area contributed by atoms with E-state index >= 15 is 0 Å². The largest absolute Gasteiger partial charge is 0.462 e. The highest BCUT2D eigenvalue weighted by Gasteiger charge is 2.29. The predicted molar refractivity (Wildman–Crippen MR) is 60.2 cm³/mol. The number of hydrogen-bond donors (Lipinski definition) is 0. The topological polar surface area (TPSA) is 26.3 Å². The molecule has 78 valence electrons.